The third kappa shape index (κ3) is 10.4. The monoisotopic (exact) mass is 993 g/mol. The van der Waals surface area contributed by atoms with Crippen molar-refractivity contribution >= 4 is 88.7 Å². The second kappa shape index (κ2) is 18.2. The highest BCUT2D eigenvalue weighted by Gasteiger charge is 2.46. The minimum atomic E-state index is -4.98. The SMILES string of the molecule is CCCCC[N+]1=C(C=CC=C2N(CCCS(=O)(=O)O)c3ccc4ccc(S(=O)(=O)CCC)cc4c3C2(C)C)C(C)(C)c2c1ccc1c(S(=O)(=O)O)cc(S(=O)(=O)CCCS(=O)(=O)O)cc21. The Morgan fingerprint density at radius 2 is 1.25 bits per heavy atom. The van der Waals surface area contributed by atoms with Crippen LogP contribution in [0.4, 0.5) is 11.4 Å². The molecule has 3 N–H and O–H groups in total. The van der Waals surface area contributed by atoms with Gasteiger partial charge < -0.3 is 4.90 Å². The molecule has 0 saturated carbocycles. The van der Waals surface area contributed by atoms with Crippen molar-refractivity contribution in [1.82, 2.24) is 0 Å². The fraction of sp³-hybridized carbons (Fsp3) is 0.444. The third-order valence-corrected chi connectivity index (χ3v) is 18.5. The largest absolute Gasteiger partial charge is 0.344 e. The number of nitrogens with zero attached hydrogens (tertiary/aromatic N) is 2. The van der Waals surface area contributed by atoms with E-state index in [4.69, 9.17) is 0 Å². The van der Waals surface area contributed by atoms with Crippen LogP contribution in [0.2, 0.25) is 0 Å². The highest BCUT2D eigenvalue weighted by Crippen LogP contribution is 2.51. The highest BCUT2D eigenvalue weighted by atomic mass is 32.2. The van der Waals surface area contributed by atoms with Crippen LogP contribution in [0.15, 0.2) is 93.2 Å². The quantitative estimate of drug-likeness (QED) is 0.0467. The fourth-order valence-corrected chi connectivity index (χ4v) is 14.1. The molecule has 0 radical (unpaired) electrons. The molecule has 6 rings (SSSR count). The van der Waals surface area contributed by atoms with E-state index in [2.05, 4.69) is 11.5 Å². The summed E-state index contributed by atoms with van der Waals surface area (Å²) >= 11 is 0. The summed E-state index contributed by atoms with van der Waals surface area (Å²) in [5.41, 5.74) is 2.78. The van der Waals surface area contributed by atoms with Crippen molar-refractivity contribution in [2.75, 3.05) is 41.0 Å². The summed E-state index contributed by atoms with van der Waals surface area (Å²) in [6, 6.07) is 14.4. The Kier molecular flexibility index (Phi) is 14.1. The highest BCUT2D eigenvalue weighted by molar-refractivity contribution is 7.92. The van der Waals surface area contributed by atoms with Gasteiger partial charge in [-0.2, -0.15) is 29.8 Å². The topological polar surface area (TPSA) is 238 Å². The van der Waals surface area contributed by atoms with Crippen LogP contribution in [0.25, 0.3) is 21.5 Å². The van der Waals surface area contributed by atoms with Gasteiger partial charge in [0.1, 0.15) is 11.4 Å². The molecule has 0 bridgehead atoms. The summed E-state index contributed by atoms with van der Waals surface area (Å²) in [4.78, 5) is 1.11. The van der Waals surface area contributed by atoms with Crippen LogP contribution >= 0.6 is 0 Å². The van der Waals surface area contributed by atoms with Gasteiger partial charge in [-0.3, -0.25) is 13.7 Å². The van der Waals surface area contributed by atoms with Gasteiger partial charge in [-0.25, -0.2) is 16.8 Å². The summed E-state index contributed by atoms with van der Waals surface area (Å²) < 4.78 is 157. The van der Waals surface area contributed by atoms with Crippen LogP contribution in [0.5, 0.6) is 0 Å². The van der Waals surface area contributed by atoms with Gasteiger partial charge in [0.2, 0.25) is 5.69 Å². The van der Waals surface area contributed by atoms with Crippen LogP contribution in [0, 0.1) is 0 Å². The van der Waals surface area contributed by atoms with Crippen LogP contribution in [-0.4, -0.2) is 102 Å². The normalized spacial score (nSPS) is 17.2. The number of hydrogen-bond donors (Lipinski definition) is 3. The van der Waals surface area contributed by atoms with Crippen molar-refractivity contribution in [2.24, 2.45) is 0 Å². The fourth-order valence-electron chi connectivity index (χ4n) is 9.36. The minimum absolute atomic E-state index is 0.0133. The first-order chi connectivity index (χ1) is 30.0. The van der Waals surface area contributed by atoms with Gasteiger partial charge >= 0.3 is 0 Å². The first-order valence-corrected chi connectivity index (χ1v) is 29.3. The molecule has 0 atom stereocenters. The average Bonchev–Trinajstić information content (AvgIpc) is 3.54. The lowest BCUT2D eigenvalue weighted by Gasteiger charge is -2.27. The zero-order chi connectivity index (χ0) is 48.1. The first kappa shape index (κ1) is 50.4. The number of hydrogen-bond acceptors (Lipinski definition) is 11. The Labute approximate surface area is 383 Å². The third-order valence-electron chi connectivity index (χ3n) is 12.3. The second-order valence-electron chi connectivity index (χ2n) is 17.8. The molecule has 15 nitrogen and oxygen atoms in total. The Balaban J connectivity index is 1.52. The van der Waals surface area contributed by atoms with E-state index in [1.807, 2.05) is 63.0 Å². The van der Waals surface area contributed by atoms with Crippen molar-refractivity contribution in [3.05, 3.63) is 89.6 Å². The maximum atomic E-state index is 13.6. The lowest BCUT2D eigenvalue weighted by atomic mass is 9.78. The number of benzene rings is 4. The van der Waals surface area contributed by atoms with Gasteiger partial charge in [0.25, 0.3) is 30.4 Å². The number of fused-ring (bicyclic) bond motifs is 6. The molecule has 0 aromatic heterocycles. The van der Waals surface area contributed by atoms with Crippen molar-refractivity contribution < 1.29 is 60.3 Å². The lowest BCUT2D eigenvalue weighted by Crippen LogP contribution is -2.29. The summed E-state index contributed by atoms with van der Waals surface area (Å²) in [6.07, 6.45) is 8.36. The molecule has 20 heteroatoms. The van der Waals surface area contributed by atoms with Crippen molar-refractivity contribution in [3.63, 3.8) is 0 Å². The van der Waals surface area contributed by atoms with E-state index in [0.717, 1.165) is 58.8 Å². The number of sulfone groups is 2. The summed E-state index contributed by atoms with van der Waals surface area (Å²) in [7, 11) is -21.6. The van der Waals surface area contributed by atoms with Crippen molar-refractivity contribution in [3.8, 4) is 0 Å². The standard InChI is InChI=1S/C45H56N2O13S5/c1-7-9-10-22-46-38-21-19-34-36(29-33(30-39(34)65(58,59)60)62(50,51)25-13-27-64(55,56)57)43(38)45(5,6)41(46)15-11-14-40-44(3,4)42-35-28-32(61(48,49)24-8-2)18-16-31(35)17-20-37(42)47(40)23-12-26-63(52,53)54/h11,14-21,28-30H,7-10,12-13,22-27H2,1-6H3,(H2-,52,53,54,55,56,57,58,59,60)/p+1. The number of anilines is 1. The Morgan fingerprint density at radius 1 is 0.615 bits per heavy atom. The molecule has 4 aromatic carbocycles. The van der Waals surface area contributed by atoms with E-state index < -0.39 is 94.3 Å². The molecule has 4 aromatic rings. The van der Waals surface area contributed by atoms with Crippen LogP contribution < -0.4 is 4.90 Å². The summed E-state index contributed by atoms with van der Waals surface area (Å²) in [5.74, 6) is -2.04. The molecule has 0 fully saturated rings. The van der Waals surface area contributed by atoms with Gasteiger partial charge in [-0.05, 0) is 104 Å². The Bertz CT molecular complexity index is 3240. The number of rotatable bonds is 19. The van der Waals surface area contributed by atoms with Gasteiger partial charge in [0.05, 0.1) is 38.2 Å². The molecular formula is C45H57N2O13S5+. The van der Waals surface area contributed by atoms with E-state index in [0.29, 0.717) is 24.2 Å². The van der Waals surface area contributed by atoms with Gasteiger partial charge in [0, 0.05) is 52.9 Å². The Morgan fingerprint density at radius 3 is 1.88 bits per heavy atom. The molecule has 0 aliphatic carbocycles. The molecule has 0 amide bonds. The lowest BCUT2D eigenvalue weighted by molar-refractivity contribution is -0.438. The summed E-state index contributed by atoms with van der Waals surface area (Å²) in [6.45, 7) is 12.5. The second-order valence-corrected chi connectivity index (χ2v) is 26.5. The first-order valence-electron chi connectivity index (χ1n) is 21.4. The summed E-state index contributed by atoms with van der Waals surface area (Å²) in [5, 5.41) is 1.89. The molecule has 354 valence electrons. The predicted molar refractivity (Wildman–Crippen MR) is 254 cm³/mol. The van der Waals surface area contributed by atoms with Crippen LogP contribution in [-0.2, 0) is 60.9 Å². The van der Waals surface area contributed by atoms with E-state index >= 15 is 0 Å². The van der Waals surface area contributed by atoms with Gasteiger partial charge in [-0.1, -0.05) is 52.3 Å². The zero-order valence-corrected chi connectivity index (χ0v) is 41.4. The maximum absolute atomic E-state index is 13.6. The van der Waals surface area contributed by atoms with Crippen molar-refractivity contribution in [1.29, 1.82) is 0 Å². The van der Waals surface area contributed by atoms with Crippen LogP contribution in [0.1, 0.15) is 91.2 Å². The maximum Gasteiger partial charge on any atom is 0.295 e. The molecule has 65 heavy (non-hydrogen) atoms. The van der Waals surface area contributed by atoms with Crippen LogP contribution in [0.3, 0.4) is 0 Å². The van der Waals surface area contributed by atoms with E-state index in [9.17, 15) is 55.7 Å². The molecule has 0 saturated heterocycles. The molecule has 0 spiro atoms. The van der Waals surface area contributed by atoms with E-state index in [1.165, 1.54) is 12.1 Å². The van der Waals surface area contributed by atoms with E-state index in [1.54, 1.807) is 31.2 Å². The minimum Gasteiger partial charge on any atom is -0.344 e. The van der Waals surface area contributed by atoms with E-state index in [-0.39, 0.29) is 34.4 Å². The Hall–Kier alpha value is -4.02. The molecule has 0 unspecified atom stereocenters. The average molecular weight is 994 g/mol. The number of unbranched alkanes of at least 4 members (excludes halogenated alkanes) is 2. The molecule has 2 heterocycles. The smallest absolute Gasteiger partial charge is 0.295 e. The predicted octanol–water partition coefficient (Wildman–Crippen LogP) is 7.56. The number of allylic oxidation sites excluding steroid dienone is 4. The molecule has 2 aliphatic heterocycles. The van der Waals surface area contributed by atoms with Gasteiger partial charge in [-0.15, -0.1) is 0 Å². The zero-order valence-electron chi connectivity index (χ0n) is 37.3. The van der Waals surface area contributed by atoms with Gasteiger partial charge in [0.15, 0.2) is 25.4 Å². The molecule has 2 aliphatic rings. The van der Waals surface area contributed by atoms with Crippen molar-refractivity contribution in [2.45, 2.75) is 106 Å². The molecular weight excluding hydrogens is 937 g/mol.